The fourth-order valence-electron chi connectivity index (χ4n) is 5.83. The highest BCUT2D eigenvalue weighted by Crippen LogP contribution is 2.37. The number of rotatable bonds is 10. The third-order valence-electron chi connectivity index (χ3n) is 10.1. The second kappa shape index (κ2) is 19.0. The molecule has 55 heavy (non-hydrogen) atoms. The van der Waals surface area contributed by atoms with Gasteiger partial charge in [-0.25, -0.2) is 9.97 Å². The summed E-state index contributed by atoms with van der Waals surface area (Å²) in [6.07, 6.45) is 3.00. The molecule has 0 unspecified atom stereocenters. The zero-order valence-electron chi connectivity index (χ0n) is 32.3. The minimum Gasteiger partial charge on any atom is -0.542 e. The van der Waals surface area contributed by atoms with Crippen LogP contribution in [0.5, 0.6) is 11.5 Å². The minimum absolute atomic E-state index is 0.0505. The molecule has 294 valence electrons. The molecule has 2 aliphatic rings. The van der Waals surface area contributed by atoms with Gasteiger partial charge < -0.3 is 30.0 Å². The van der Waals surface area contributed by atoms with Gasteiger partial charge in [-0.2, -0.15) is 0 Å². The van der Waals surface area contributed by atoms with Crippen LogP contribution in [0, 0.1) is 0 Å². The van der Waals surface area contributed by atoms with Gasteiger partial charge in [0, 0.05) is 73.8 Å². The van der Waals surface area contributed by atoms with Crippen LogP contribution >= 0.6 is 23.2 Å². The number of carbonyl (C=O) groups excluding carboxylic acids is 2. The molecule has 6 rings (SSSR count). The van der Waals surface area contributed by atoms with E-state index >= 15 is 0 Å². The number of benzene rings is 2. The van der Waals surface area contributed by atoms with Gasteiger partial charge in [-0.15, -0.1) is 0 Å². The fourth-order valence-corrected chi connectivity index (χ4v) is 7.09. The second-order valence-corrected chi connectivity index (χ2v) is 20.8. The summed E-state index contributed by atoms with van der Waals surface area (Å²) in [5, 5.41) is 16.4. The summed E-state index contributed by atoms with van der Waals surface area (Å²) >= 11 is 11.9. The van der Waals surface area contributed by atoms with Gasteiger partial charge in [0.2, 0.25) is 11.8 Å². The molecule has 2 aliphatic heterocycles. The summed E-state index contributed by atoms with van der Waals surface area (Å²) in [6.45, 7) is 18.5. The Hall–Kier alpha value is -4.40. The van der Waals surface area contributed by atoms with Crippen molar-refractivity contribution >= 4 is 66.3 Å². The first-order valence-electron chi connectivity index (χ1n) is 18.5. The number of carbonyl (C=O) groups is 2. The van der Waals surface area contributed by atoms with Crippen LogP contribution in [0.2, 0.25) is 28.2 Å². The zero-order valence-corrected chi connectivity index (χ0v) is 34.8. The van der Waals surface area contributed by atoms with Gasteiger partial charge in [-0.3, -0.25) is 19.4 Å². The molecule has 0 aliphatic carbocycles. The van der Waals surface area contributed by atoms with Crippen molar-refractivity contribution in [3.8, 4) is 11.5 Å². The SMILES string of the molecule is CC(C)(C)[Si](C)(C)Oc1ccc(NC(=O)CN2CCN(c3ccc(Cl)cc3)CC2)nc1.O=C(CN1CCN(c2ccc(Cl)cc2)CC1)Nc1ccc(O)cn1. The van der Waals surface area contributed by atoms with E-state index in [9.17, 15) is 14.7 Å². The largest absolute Gasteiger partial charge is 0.542 e. The van der Waals surface area contributed by atoms with E-state index in [1.165, 1.54) is 12.3 Å². The maximum atomic E-state index is 12.5. The fraction of sp³-hybridized carbons (Fsp3) is 0.400. The lowest BCUT2D eigenvalue weighted by Crippen LogP contribution is -2.48. The van der Waals surface area contributed by atoms with Crippen LogP contribution in [0.3, 0.4) is 0 Å². The van der Waals surface area contributed by atoms with Gasteiger partial charge in [0.25, 0.3) is 8.32 Å². The second-order valence-electron chi connectivity index (χ2n) is 15.2. The number of aromatic hydroxyl groups is 1. The molecule has 2 aromatic carbocycles. The van der Waals surface area contributed by atoms with E-state index in [0.29, 0.717) is 24.7 Å². The molecular weight excluding hydrogens is 755 g/mol. The number of nitrogens with zero attached hydrogens (tertiary/aromatic N) is 6. The third-order valence-corrected chi connectivity index (χ3v) is 14.9. The first-order chi connectivity index (χ1) is 26.1. The highest BCUT2D eigenvalue weighted by atomic mass is 35.5. The summed E-state index contributed by atoms with van der Waals surface area (Å²) in [7, 11) is -1.90. The van der Waals surface area contributed by atoms with E-state index in [1.54, 1.807) is 18.3 Å². The quantitative estimate of drug-likeness (QED) is 0.143. The van der Waals surface area contributed by atoms with E-state index in [0.717, 1.165) is 79.5 Å². The molecule has 15 heteroatoms. The maximum absolute atomic E-state index is 12.5. The topological polar surface area (TPSA) is 126 Å². The molecule has 4 aromatic rings. The van der Waals surface area contributed by atoms with Crippen molar-refractivity contribution in [1.82, 2.24) is 19.8 Å². The van der Waals surface area contributed by atoms with Crippen molar-refractivity contribution in [1.29, 1.82) is 0 Å². The average molecular weight is 808 g/mol. The number of hydrogen-bond donors (Lipinski definition) is 3. The predicted molar refractivity (Wildman–Crippen MR) is 225 cm³/mol. The zero-order chi connectivity index (χ0) is 39.6. The van der Waals surface area contributed by atoms with E-state index < -0.39 is 8.32 Å². The standard InChI is InChI=1S/C23H33ClN4O2Si.C17H19ClN4O2/c1-23(2,3)31(4,5)30-20-10-11-21(25-16-20)26-22(29)17-27-12-14-28(15-13-27)19-8-6-18(24)7-9-19;18-13-1-3-14(4-2-13)22-9-7-21(8-10-22)12-17(24)20-16-6-5-15(23)11-19-16/h6-11,16H,12-15,17H2,1-5H3,(H,25,26,29);1-6,11,23H,7-10,12H2,(H,19,20,24). The summed E-state index contributed by atoms with van der Waals surface area (Å²) < 4.78 is 6.24. The van der Waals surface area contributed by atoms with Crippen LogP contribution in [0.1, 0.15) is 20.8 Å². The predicted octanol–water partition coefficient (Wildman–Crippen LogP) is 7.08. The minimum atomic E-state index is -1.90. The van der Waals surface area contributed by atoms with Gasteiger partial charge in [-0.1, -0.05) is 44.0 Å². The average Bonchev–Trinajstić information content (AvgIpc) is 3.14. The Bertz CT molecular complexity index is 1830. The number of aromatic nitrogens is 2. The molecule has 4 heterocycles. The van der Waals surface area contributed by atoms with Gasteiger partial charge in [0.1, 0.15) is 23.1 Å². The summed E-state index contributed by atoms with van der Waals surface area (Å²) in [6, 6.07) is 22.5. The van der Waals surface area contributed by atoms with E-state index in [2.05, 4.69) is 74.1 Å². The number of amides is 2. The molecular formula is C40H52Cl2N8O4Si. The van der Waals surface area contributed by atoms with Crippen LogP contribution in [0.15, 0.2) is 85.2 Å². The monoisotopic (exact) mass is 806 g/mol. The number of nitrogens with one attached hydrogen (secondary N) is 2. The molecule has 0 radical (unpaired) electrons. The van der Waals surface area contributed by atoms with Gasteiger partial charge in [0.05, 0.1) is 25.5 Å². The van der Waals surface area contributed by atoms with E-state index in [1.807, 2.05) is 54.6 Å². The lowest BCUT2D eigenvalue weighted by Gasteiger charge is -2.36. The number of piperazine rings is 2. The molecule has 0 bridgehead atoms. The highest BCUT2D eigenvalue weighted by molar-refractivity contribution is 6.74. The van der Waals surface area contributed by atoms with Crippen LogP contribution in [-0.2, 0) is 9.59 Å². The van der Waals surface area contributed by atoms with Crippen molar-refractivity contribution in [2.24, 2.45) is 0 Å². The summed E-state index contributed by atoms with van der Waals surface area (Å²) in [4.78, 5) is 41.7. The lowest BCUT2D eigenvalue weighted by atomic mass is 10.2. The van der Waals surface area contributed by atoms with Gasteiger partial charge in [-0.05, 0) is 90.9 Å². The van der Waals surface area contributed by atoms with Crippen molar-refractivity contribution < 1.29 is 19.1 Å². The number of pyridine rings is 2. The Kier molecular flexibility index (Phi) is 14.4. The van der Waals surface area contributed by atoms with Gasteiger partial charge >= 0.3 is 0 Å². The molecule has 2 fully saturated rings. The number of halogens is 2. The normalized spacial score (nSPS) is 15.5. The van der Waals surface area contributed by atoms with E-state index in [4.69, 9.17) is 27.6 Å². The van der Waals surface area contributed by atoms with Crippen molar-refractivity contribution in [3.05, 3.63) is 95.2 Å². The molecule has 2 saturated heterocycles. The highest BCUT2D eigenvalue weighted by Gasteiger charge is 2.39. The smallest absolute Gasteiger partial charge is 0.250 e. The van der Waals surface area contributed by atoms with Crippen molar-refractivity contribution in [2.45, 2.75) is 38.9 Å². The Balaban J connectivity index is 0.000000218. The van der Waals surface area contributed by atoms with E-state index in [-0.39, 0.29) is 22.6 Å². The molecule has 0 spiro atoms. The molecule has 2 aromatic heterocycles. The van der Waals surface area contributed by atoms with Crippen LogP contribution in [0.4, 0.5) is 23.0 Å². The van der Waals surface area contributed by atoms with Crippen LogP contribution in [0.25, 0.3) is 0 Å². The van der Waals surface area contributed by atoms with Crippen LogP contribution in [-0.4, -0.2) is 110 Å². The maximum Gasteiger partial charge on any atom is 0.250 e. The number of hydrogen-bond acceptors (Lipinski definition) is 10. The Morgan fingerprint density at radius 3 is 1.45 bits per heavy atom. The molecule has 3 N–H and O–H groups in total. The molecule has 12 nitrogen and oxygen atoms in total. The first kappa shape index (κ1) is 41.8. The Morgan fingerprint density at radius 1 is 0.673 bits per heavy atom. The van der Waals surface area contributed by atoms with Crippen LogP contribution < -0.4 is 24.9 Å². The first-order valence-corrected chi connectivity index (χ1v) is 22.2. The van der Waals surface area contributed by atoms with Gasteiger partial charge in [0.15, 0.2) is 0 Å². The third kappa shape index (κ3) is 12.8. The summed E-state index contributed by atoms with van der Waals surface area (Å²) in [5.74, 6) is 1.66. The Morgan fingerprint density at radius 2 is 1.09 bits per heavy atom. The molecule has 2 amide bonds. The van der Waals surface area contributed by atoms with Crippen molar-refractivity contribution in [2.75, 3.05) is 85.9 Å². The number of anilines is 4. The van der Waals surface area contributed by atoms with Crippen molar-refractivity contribution in [3.63, 3.8) is 0 Å². The lowest BCUT2D eigenvalue weighted by molar-refractivity contribution is -0.118. The molecule has 0 saturated carbocycles. The Labute approximate surface area is 335 Å². The summed E-state index contributed by atoms with van der Waals surface area (Å²) in [5.41, 5.74) is 2.31. The molecule has 0 atom stereocenters.